The van der Waals surface area contributed by atoms with Crippen molar-refractivity contribution in [2.45, 2.75) is 6.42 Å². The third-order valence-electron chi connectivity index (χ3n) is 1.63. The Morgan fingerprint density at radius 1 is 1.71 bits per heavy atom. The molecule has 0 aromatic carbocycles. The molecule has 4 heteroatoms. The highest BCUT2D eigenvalue weighted by Crippen LogP contribution is 2.10. The van der Waals surface area contributed by atoms with Crippen LogP contribution in [0.5, 0.6) is 0 Å². The first-order valence-corrected chi connectivity index (χ1v) is 4.18. The Morgan fingerprint density at radius 2 is 2.50 bits per heavy atom. The molecule has 1 heterocycles. The Balaban J connectivity index is 2.75. The molecule has 14 heavy (non-hydrogen) atoms. The van der Waals surface area contributed by atoms with Crippen LogP contribution in [0.4, 0.5) is 5.69 Å². The number of amides is 1. The molecule has 1 aromatic heterocycles. The van der Waals surface area contributed by atoms with Crippen LogP contribution in [0.15, 0.2) is 18.3 Å². The van der Waals surface area contributed by atoms with Gasteiger partial charge in [0.05, 0.1) is 5.69 Å². The maximum absolute atomic E-state index is 10.9. The third kappa shape index (κ3) is 2.49. The molecule has 4 nitrogen and oxygen atoms in total. The fraction of sp³-hybridized carbons (Fsp3) is 0.200. The largest absolute Gasteiger partial charge is 0.382 e. The smallest absolute Gasteiger partial charge is 0.269 e. The van der Waals surface area contributed by atoms with Crippen LogP contribution < -0.4 is 11.1 Å². The number of carbonyl (C=O) groups is 1. The third-order valence-corrected chi connectivity index (χ3v) is 1.63. The van der Waals surface area contributed by atoms with Gasteiger partial charge in [-0.15, -0.1) is 12.3 Å². The van der Waals surface area contributed by atoms with Crippen molar-refractivity contribution in [3.8, 4) is 12.3 Å². The Bertz CT molecular complexity index is 368. The van der Waals surface area contributed by atoms with Crippen molar-refractivity contribution in [3.63, 3.8) is 0 Å². The molecule has 3 N–H and O–H groups in total. The summed E-state index contributed by atoms with van der Waals surface area (Å²) in [5, 5.41) is 2.99. The van der Waals surface area contributed by atoms with Crippen LogP contribution in [-0.4, -0.2) is 17.4 Å². The van der Waals surface area contributed by atoms with E-state index in [0.29, 0.717) is 18.7 Å². The lowest BCUT2D eigenvalue weighted by Crippen LogP contribution is -2.16. The zero-order valence-corrected chi connectivity index (χ0v) is 7.66. The first-order valence-electron chi connectivity index (χ1n) is 4.18. The number of anilines is 1. The fourth-order valence-electron chi connectivity index (χ4n) is 1.01. The van der Waals surface area contributed by atoms with Crippen LogP contribution in [0.1, 0.15) is 16.9 Å². The molecule has 0 saturated heterocycles. The van der Waals surface area contributed by atoms with Crippen molar-refractivity contribution in [1.82, 2.24) is 4.98 Å². The molecule has 0 spiro atoms. The molecule has 0 aliphatic carbocycles. The number of aromatic nitrogens is 1. The molecule has 0 radical (unpaired) electrons. The molecule has 0 aliphatic heterocycles. The van der Waals surface area contributed by atoms with Crippen molar-refractivity contribution in [1.29, 1.82) is 0 Å². The quantitative estimate of drug-likeness (QED) is 0.538. The average Bonchev–Trinajstić information content (AvgIpc) is 2.19. The minimum atomic E-state index is -0.547. The minimum absolute atomic E-state index is 0.240. The summed E-state index contributed by atoms with van der Waals surface area (Å²) in [4.78, 5) is 14.8. The van der Waals surface area contributed by atoms with Crippen molar-refractivity contribution < 1.29 is 4.79 Å². The molecule has 1 aromatic rings. The van der Waals surface area contributed by atoms with Gasteiger partial charge in [0.1, 0.15) is 0 Å². The van der Waals surface area contributed by atoms with E-state index in [1.165, 1.54) is 6.20 Å². The van der Waals surface area contributed by atoms with Crippen molar-refractivity contribution >= 4 is 11.6 Å². The molecule has 72 valence electrons. The van der Waals surface area contributed by atoms with Gasteiger partial charge in [-0.3, -0.25) is 4.79 Å². The van der Waals surface area contributed by atoms with Gasteiger partial charge in [-0.25, -0.2) is 4.98 Å². The molecule has 1 amide bonds. The van der Waals surface area contributed by atoms with E-state index in [0.717, 1.165) is 0 Å². The van der Waals surface area contributed by atoms with Gasteiger partial charge in [-0.1, -0.05) is 0 Å². The number of terminal acetylenes is 1. The van der Waals surface area contributed by atoms with Crippen LogP contribution in [0.25, 0.3) is 0 Å². The summed E-state index contributed by atoms with van der Waals surface area (Å²) >= 11 is 0. The van der Waals surface area contributed by atoms with Gasteiger partial charge in [0.25, 0.3) is 5.91 Å². The molecule has 0 atom stereocenters. The van der Waals surface area contributed by atoms with E-state index in [2.05, 4.69) is 16.2 Å². The highest BCUT2D eigenvalue weighted by atomic mass is 16.1. The molecule has 0 unspecified atom stereocenters. The van der Waals surface area contributed by atoms with Gasteiger partial charge >= 0.3 is 0 Å². The first kappa shape index (κ1) is 10.1. The number of nitrogens with one attached hydrogen (secondary N) is 1. The molecular formula is C10H11N3O. The fourth-order valence-corrected chi connectivity index (χ4v) is 1.01. The number of rotatable bonds is 4. The van der Waals surface area contributed by atoms with E-state index in [1.54, 1.807) is 12.1 Å². The van der Waals surface area contributed by atoms with Crippen molar-refractivity contribution in [2.24, 2.45) is 5.73 Å². The minimum Gasteiger partial charge on any atom is -0.382 e. The van der Waals surface area contributed by atoms with Gasteiger partial charge in [0.2, 0.25) is 0 Å². The zero-order valence-electron chi connectivity index (χ0n) is 7.66. The lowest BCUT2D eigenvalue weighted by atomic mass is 10.2. The van der Waals surface area contributed by atoms with Crippen LogP contribution in [0, 0.1) is 12.3 Å². The van der Waals surface area contributed by atoms with Gasteiger partial charge in [0.15, 0.2) is 5.69 Å². The average molecular weight is 189 g/mol. The molecule has 0 saturated carbocycles. The highest BCUT2D eigenvalue weighted by Gasteiger charge is 2.07. The second-order valence-electron chi connectivity index (χ2n) is 2.64. The van der Waals surface area contributed by atoms with Crippen molar-refractivity contribution in [3.05, 3.63) is 24.0 Å². The van der Waals surface area contributed by atoms with E-state index in [1.807, 2.05) is 0 Å². The van der Waals surface area contributed by atoms with E-state index in [9.17, 15) is 4.79 Å². The van der Waals surface area contributed by atoms with Crippen LogP contribution in [0.3, 0.4) is 0 Å². The second-order valence-corrected chi connectivity index (χ2v) is 2.64. The molecule has 0 aliphatic rings. The molecule has 1 rings (SSSR count). The summed E-state index contributed by atoms with van der Waals surface area (Å²) in [5.74, 6) is 1.94. The Kier molecular flexibility index (Phi) is 3.50. The van der Waals surface area contributed by atoms with Crippen molar-refractivity contribution in [2.75, 3.05) is 11.9 Å². The molecule has 0 fully saturated rings. The molecular weight excluding hydrogens is 178 g/mol. The van der Waals surface area contributed by atoms with E-state index < -0.39 is 5.91 Å². The number of nitrogens with two attached hydrogens (primary N) is 1. The predicted octanol–water partition coefficient (Wildman–Crippen LogP) is 0.616. The first-order chi connectivity index (χ1) is 6.75. The normalized spacial score (nSPS) is 9.07. The maximum Gasteiger partial charge on any atom is 0.269 e. The number of primary amides is 1. The summed E-state index contributed by atoms with van der Waals surface area (Å²) in [6.45, 7) is 0.600. The maximum atomic E-state index is 10.9. The standard InChI is InChI=1S/C10H11N3O/c1-2-3-6-12-8-5-4-7-13-9(8)10(11)14/h1,4-5,7,12H,3,6H2,(H2,11,14). The second kappa shape index (κ2) is 4.87. The summed E-state index contributed by atoms with van der Waals surface area (Å²) in [6.07, 6.45) is 7.20. The summed E-state index contributed by atoms with van der Waals surface area (Å²) in [7, 11) is 0. The number of hydrogen-bond acceptors (Lipinski definition) is 3. The topological polar surface area (TPSA) is 68.0 Å². The monoisotopic (exact) mass is 189 g/mol. The van der Waals surface area contributed by atoms with E-state index in [-0.39, 0.29) is 5.69 Å². The Hall–Kier alpha value is -2.02. The molecule has 0 bridgehead atoms. The van der Waals surface area contributed by atoms with Gasteiger partial charge in [-0.05, 0) is 12.1 Å². The van der Waals surface area contributed by atoms with Gasteiger partial charge in [-0.2, -0.15) is 0 Å². The Morgan fingerprint density at radius 3 is 3.14 bits per heavy atom. The zero-order chi connectivity index (χ0) is 10.4. The number of hydrogen-bond donors (Lipinski definition) is 2. The van der Waals surface area contributed by atoms with Crippen LogP contribution in [-0.2, 0) is 0 Å². The number of pyridine rings is 1. The van der Waals surface area contributed by atoms with E-state index >= 15 is 0 Å². The van der Waals surface area contributed by atoms with Crippen LogP contribution in [0.2, 0.25) is 0 Å². The summed E-state index contributed by atoms with van der Waals surface area (Å²) < 4.78 is 0. The summed E-state index contributed by atoms with van der Waals surface area (Å²) in [5.41, 5.74) is 6.00. The van der Waals surface area contributed by atoms with Gasteiger partial charge < -0.3 is 11.1 Å². The SMILES string of the molecule is C#CCCNc1cccnc1C(N)=O. The number of nitrogens with zero attached hydrogens (tertiary/aromatic N) is 1. The lowest BCUT2D eigenvalue weighted by Gasteiger charge is -2.06. The van der Waals surface area contributed by atoms with Gasteiger partial charge in [0, 0.05) is 19.2 Å². The van der Waals surface area contributed by atoms with E-state index in [4.69, 9.17) is 12.2 Å². The number of carbonyl (C=O) groups excluding carboxylic acids is 1. The Labute approximate surface area is 82.5 Å². The van der Waals surface area contributed by atoms with Crippen LogP contribution >= 0.6 is 0 Å². The predicted molar refractivity (Wildman–Crippen MR) is 54.7 cm³/mol. The lowest BCUT2D eigenvalue weighted by molar-refractivity contribution is 0.0996. The summed E-state index contributed by atoms with van der Waals surface area (Å²) in [6, 6.07) is 3.47. The highest BCUT2D eigenvalue weighted by molar-refractivity contribution is 5.96.